The molecule has 2 nitrogen and oxygen atoms in total. The van der Waals surface area contributed by atoms with Gasteiger partial charge in [-0.05, 0) is 24.3 Å². The first-order valence-electron chi connectivity index (χ1n) is 4.12. The zero-order valence-corrected chi connectivity index (χ0v) is 11.6. The fraction of sp³-hybridized carbons (Fsp3) is 0.222. The van der Waals surface area contributed by atoms with Crippen molar-refractivity contribution in [1.82, 2.24) is 5.32 Å². The van der Waals surface area contributed by atoms with Gasteiger partial charge in [0.05, 0.1) is 0 Å². The summed E-state index contributed by atoms with van der Waals surface area (Å²) in [4.78, 5) is 11.2. The second-order valence-corrected chi connectivity index (χ2v) is 6.76. The first-order valence-corrected chi connectivity index (χ1v) is 6.51. The maximum Gasteiger partial charge on any atom is 0.220 e. The second kappa shape index (κ2) is 6.22. The lowest BCUT2D eigenvalue weighted by molar-refractivity contribution is -0.109. The molecule has 0 unspecified atom stereocenters. The molecule has 0 aliphatic heterocycles. The summed E-state index contributed by atoms with van der Waals surface area (Å²) >= 11 is 24.1. The van der Waals surface area contributed by atoms with Gasteiger partial charge in [-0.25, -0.2) is 0 Å². The van der Waals surface area contributed by atoms with Crippen LogP contribution in [0.5, 0.6) is 0 Å². The maximum atomic E-state index is 10.4. The third-order valence-corrected chi connectivity index (χ3v) is 4.15. The van der Waals surface area contributed by atoms with Crippen molar-refractivity contribution >= 4 is 64.6 Å². The first-order chi connectivity index (χ1) is 7.43. The highest BCUT2D eigenvalue weighted by atomic mass is 35.6. The van der Waals surface area contributed by atoms with Crippen LogP contribution in [0.2, 0.25) is 5.02 Å². The third-order valence-electron chi connectivity index (χ3n) is 1.58. The minimum atomic E-state index is -1.58. The molecule has 16 heavy (non-hydrogen) atoms. The van der Waals surface area contributed by atoms with Crippen LogP contribution in [0.15, 0.2) is 29.2 Å². The first kappa shape index (κ1) is 14.3. The quantitative estimate of drug-likeness (QED) is 0.395. The van der Waals surface area contributed by atoms with Gasteiger partial charge in [0.1, 0.15) is 5.37 Å². The lowest BCUT2D eigenvalue weighted by Crippen LogP contribution is -2.36. The SMILES string of the molecule is O=CN[C@@H](Sc1ccc(Cl)cc1)C(Cl)(Cl)Cl. The Balaban J connectivity index is 2.75. The van der Waals surface area contributed by atoms with E-state index in [2.05, 4.69) is 5.32 Å². The molecule has 88 valence electrons. The van der Waals surface area contributed by atoms with Crippen LogP contribution < -0.4 is 5.32 Å². The van der Waals surface area contributed by atoms with Crippen molar-refractivity contribution < 1.29 is 4.79 Å². The van der Waals surface area contributed by atoms with E-state index in [1.807, 2.05) is 0 Å². The molecule has 1 rings (SSSR count). The standard InChI is InChI=1S/C9H7Cl4NOS/c10-6-1-3-7(4-2-6)16-8(14-5-15)9(11,12)13/h1-5,8H,(H,14,15)/t8-/m0/s1. The minimum absolute atomic E-state index is 0.496. The lowest BCUT2D eigenvalue weighted by atomic mass is 10.4. The van der Waals surface area contributed by atoms with Gasteiger partial charge < -0.3 is 5.32 Å². The Labute approximate surface area is 118 Å². The van der Waals surface area contributed by atoms with Crippen LogP contribution in [0.3, 0.4) is 0 Å². The van der Waals surface area contributed by atoms with Crippen LogP contribution in [0, 0.1) is 0 Å². The van der Waals surface area contributed by atoms with E-state index in [0.717, 1.165) is 4.90 Å². The number of alkyl halides is 3. The summed E-state index contributed by atoms with van der Waals surface area (Å²) in [6.45, 7) is 0. The number of thioether (sulfide) groups is 1. The Kier molecular flexibility index (Phi) is 5.54. The Morgan fingerprint density at radius 3 is 2.25 bits per heavy atom. The average molecular weight is 319 g/mol. The van der Waals surface area contributed by atoms with E-state index in [1.165, 1.54) is 11.8 Å². The van der Waals surface area contributed by atoms with Crippen molar-refractivity contribution in [2.75, 3.05) is 0 Å². The number of halogens is 4. The van der Waals surface area contributed by atoms with Crippen LogP contribution in [0.25, 0.3) is 0 Å². The van der Waals surface area contributed by atoms with Crippen LogP contribution in [0.1, 0.15) is 0 Å². The highest BCUT2D eigenvalue weighted by Gasteiger charge is 2.33. The van der Waals surface area contributed by atoms with E-state index in [9.17, 15) is 4.79 Å². The molecule has 0 aliphatic rings. The van der Waals surface area contributed by atoms with Crippen LogP contribution in [0.4, 0.5) is 0 Å². The third kappa shape index (κ3) is 4.60. The Morgan fingerprint density at radius 2 is 1.81 bits per heavy atom. The summed E-state index contributed by atoms with van der Waals surface area (Å²) < 4.78 is -1.58. The zero-order valence-electron chi connectivity index (χ0n) is 7.79. The second-order valence-electron chi connectivity index (χ2n) is 2.78. The molecule has 0 bridgehead atoms. The molecular weight excluding hydrogens is 312 g/mol. The van der Waals surface area contributed by atoms with Crippen LogP contribution in [-0.2, 0) is 4.79 Å². The highest BCUT2D eigenvalue weighted by molar-refractivity contribution is 8.00. The fourth-order valence-corrected chi connectivity index (χ4v) is 2.44. The van der Waals surface area contributed by atoms with Gasteiger partial charge in [-0.1, -0.05) is 58.2 Å². The van der Waals surface area contributed by atoms with Gasteiger partial charge in [0.15, 0.2) is 0 Å². The molecule has 0 spiro atoms. The topological polar surface area (TPSA) is 29.1 Å². The minimum Gasteiger partial charge on any atom is -0.342 e. The normalized spacial score (nSPS) is 13.2. The summed E-state index contributed by atoms with van der Waals surface area (Å²) in [7, 11) is 0. The number of carbonyl (C=O) groups is 1. The van der Waals surface area contributed by atoms with Crippen molar-refractivity contribution in [3.63, 3.8) is 0 Å². The smallest absolute Gasteiger partial charge is 0.220 e. The molecular formula is C9H7Cl4NOS. The summed E-state index contributed by atoms with van der Waals surface area (Å²) in [6, 6.07) is 7.01. The van der Waals surface area contributed by atoms with Crippen molar-refractivity contribution in [3.8, 4) is 0 Å². The molecule has 1 amide bonds. The van der Waals surface area contributed by atoms with Gasteiger partial charge in [0.2, 0.25) is 10.2 Å². The van der Waals surface area contributed by atoms with E-state index in [4.69, 9.17) is 46.4 Å². The number of hydrogen-bond acceptors (Lipinski definition) is 2. The summed E-state index contributed by atoms with van der Waals surface area (Å²) in [5, 5.41) is 2.41. The molecule has 0 saturated carbocycles. The number of hydrogen-bond donors (Lipinski definition) is 1. The Hall–Kier alpha value is 0.200. The van der Waals surface area contributed by atoms with E-state index in [1.54, 1.807) is 24.3 Å². The Morgan fingerprint density at radius 1 is 1.25 bits per heavy atom. The van der Waals surface area contributed by atoms with Gasteiger partial charge in [-0.2, -0.15) is 0 Å². The highest BCUT2D eigenvalue weighted by Crippen LogP contribution is 2.39. The predicted octanol–water partition coefficient (Wildman–Crippen LogP) is 3.87. The van der Waals surface area contributed by atoms with Crippen LogP contribution >= 0.6 is 58.2 Å². The molecule has 1 aromatic rings. The van der Waals surface area contributed by atoms with Gasteiger partial charge in [0, 0.05) is 9.92 Å². The van der Waals surface area contributed by atoms with Crippen molar-refractivity contribution in [1.29, 1.82) is 0 Å². The monoisotopic (exact) mass is 317 g/mol. The average Bonchev–Trinajstić information content (AvgIpc) is 2.19. The molecule has 7 heteroatoms. The van der Waals surface area contributed by atoms with E-state index >= 15 is 0 Å². The predicted molar refractivity (Wildman–Crippen MR) is 70.6 cm³/mol. The molecule has 0 aliphatic carbocycles. The summed E-state index contributed by atoms with van der Waals surface area (Å²) in [5.41, 5.74) is 0. The number of amides is 1. The molecule has 0 fully saturated rings. The van der Waals surface area contributed by atoms with E-state index < -0.39 is 9.17 Å². The Bertz CT molecular complexity index is 352. The van der Waals surface area contributed by atoms with Gasteiger partial charge in [0.25, 0.3) is 0 Å². The van der Waals surface area contributed by atoms with Gasteiger partial charge in [-0.3, -0.25) is 4.79 Å². The molecule has 1 atom stereocenters. The maximum absolute atomic E-state index is 10.4. The molecule has 0 radical (unpaired) electrons. The number of rotatable bonds is 4. The van der Waals surface area contributed by atoms with Crippen molar-refractivity contribution in [2.45, 2.75) is 14.1 Å². The molecule has 1 aromatic carbocycles. The molecule has 0 aromatic heterocycles. The molecule has 1 N–H and O–H groups in total. The van der Waals surface area contributed by atoms with Gasteiger partial charge in [-0.15, -0.1) is 0 Å². The summed E-state index contributed by atoms with van der Waals surface area (Å²) in [5.74, 6) is 0. The van der Waals surface area contributed by atoms with E-state index in [-0.39, 0.29) is 0 Å². The molecule has 0 heterocycles. The summed E-state index contributed by atoms with van der Waals surface area (Å²) in [6.07, 6.45) is 0.496. The largest absolute Gasteiger partial charge is 0.342 e. The van der Waals surface area contributed by atoms with Gasteiger partial charge >= 0.3 is 0 Å². The lowest BCUT2D eigenvalue weighted by Gasteiger charge is -2.22. The van der Waals surface area contributed by atoms with Crippen LogP contribution in [-0.4, -0.2) is 15.6 Å². The number of nitrogens with one attached hydrogen (secondary N) is 1. The molecule has 0 saturated heterocycles. The fourth-order valence-electron chi connectivity index (χ4n) is 0.906. The number of carbonyl (C=O) groups excluding carboxylic acids is 1. The number of benzene rings is 1. The van der Waals surface area contributed by atoms with E-state index in [0.29, 0.717) is 11.4 Å². The van der Waals surface area contributed by atoms with Crippen molar-refractivity contribution in [3.05, 3.63) is 29.3 Å². The zero-order chi connectivity index (χ0) is 12.2. The van der Waals surface area contributed by atoms with Crippen molar-refractivity contribution in [2.24, 2.45) is 0 Å².